The molecule has 0 spiro atoms. The fraction of sp³-hybridized carbons (Fsp3) is 0.500. The highest BCUT2D eigenvalue weighted by Gasteiger charge is 2.51. The van der Waals surface area contributed by atoms with E-state index in [2.05, 4.69) is 0 Å². The van der Waals surface area contributed by atoms with Crippen LogP contribution in [0.5, 0.6) is 5.75 Å². The van der Waals surface area contributed by atoms with Gasteiger partial charge in [0.15, 0.2) is 11.2 Å². The Bertz CT molecular complexity index is 506. The first-order valence-corrected chi connectivity index (χ1v) is 6.98. The molecule has 4 heteroatoms. The van der Waals surface area contributed by atoms with Crippen LogP contribution in [-0.2, 0) is 15.0 Å². The Hall–Kier alpha value is -1.84. The summed E-state index contributed by atoms with van der Waals surface area (Å²) in [6.45, 7) is 1.94. The van der Waals surface area contributed by atoms with Gasteiger partial charge in [-0.15, -0.1) is 0 Å². The van der Waals surface area contributed by atoms with Crippen LogP contribution in [0.25, 0.3) is 0 Å². The Labute approximate surface area is 118 Å². The molecular weight excluding hydrogens is 256 g/mol. The predicted octanol–water partition coefficient (Wildman–Crippen LogP) is 2.80. The largest absolute Gasteiger partial charge is 0.497 e. The number of Topliss-reactive ketones (excluding diaryl/α,β-unsaturated/α-hetero) is 1. The molecule has 1 aliphatic rings. The van der Waals surface area contributed by atoms with E-state index in [1.165, 1.54) is 0 Å². The fourth-order valence-electron chi connectivity index (χ4n) is 3.10. The Morgan fingerprint density at radius 2 is 2.05 bits per heavy atom. The van der Waals surface area contributed by atoms with Crippen molar-refractivity contribution >= 4 is 11.8 Å². The summed E-state index contributed by atoms with van der Waals surface area (Å²) in [5.74, 6) is -0.679. The summed E-state index contributed by atoms with van der Waals surface area (Å²) in [5, 5.41) is 9.70. The molecular formula is C16H20O4. The van der Waals surface area contributed by atoms with Gasteiger partial charge < -0.3 is 9.84 Å². The van der Waals surface area contributed by atoms with Gasteiger partial charge in [-0.1, -0.05) is 25.5 Å². The summed E-state index contributed by atoms with van der Waals surface area (Å²) in [6, 6.07) is 6.82. The van der Waals surface area contributed by atoms with Gasteiger partial charge in [0, 0.05) is 5.92 Å². The van der Waals surface area contributed by atoms with Gasteiger partial charge in [0.2, 0.25) is 0 Å². The lowest BCUT2D eigenvalue weighted by Crippen LogP contribution is -2.49. The topological polar surface area (TPSA) is 63.6 Å². The molecule has 1 fully saturated rings. The highest BCUT2D eigenvalue weighted by molar-refractivity contribution is 6.10. The zero-order valence-corrected chi connectivity index (χ0v) is 11.9. The van der Waals surface area contributed by atoms with Gasteiger partial charge in [-0.3, -0.25) is 9.59 Å². The lowest BCUT2D eigenvalue weighted by molar-refractivity contribution is -0.152. The molecule has 0 heterocycles. The molecule has 0 amide bonds. The van der Waals surface area contributed by atoms with Gasteiger partial charge in [-0.25, -0.2) is 0 Å². The molecule has 4 nitrogen and oxygen atoms in total. The molecule has 1 aromatic carbocycles. The number of hydrogen-bond acceptors (Lipinski definition) is 3. The van der Waals surface area contributed by atoms with Crippen LogP contribution in [0.3, 0.4) is 0 Å². The number of carboxylic acid groups (broad SMARTS) is 1. The third kappa shape index (κ3) is 2.19. The molecule has 108 valence electrons. The van der Waals surface area contributed by atoms with Crippen LogP contribution in [0.4, 0.5) is 0 Å². The number of benzene rings is 1. The third-order valence-corrected chi connectivity index (χ3v) is 4.34. The van der Waals surface area contributed by atoms with Crippen LogP contribution < -0.4 is 4.74 Å². The van der Waals surface area contributed by atoms with Crippen LogP contribution in [0.1, 0.15) is 38.2 Å². The average molecular weight is 276 g/mol. The van der Waals surface area contributed by atoms with Crippen LogP contribution in [0.2, 0.25) is 0 Å². The van der Waals surface area contributed by atoms with Crippen LogP contribution in [-0.4, -0.2) is 24.0 Å². The highest BCUT2D eigenvalue weighted by atomic mass is 16.5. The minimum absolute atomic E-state index is 0.149. The summed E-state index contributed by atoms with van der Waals surface area (Å²) in [5.41, 5.74) is -0.820. The lowest BCUT2D eigenvalue weighted by Gasteiger charge is -2.36. The maximum atomic E-state index is 12.7. The monoisotopic (exact) mass is 276 g/mol. The van der Waals surface area contributed by atoms with Crippen molar-refractivity contribution in [2.45, 2.75) is 38.0 Å². The minimum atomic E-state index is -1.38. The zero-order chi connectivity index (χ0) is 14.8. The van der Waals surface area contributed by atoms with E-state index in [4.69, 9.17) is 4.74 Å². The van der Waals surface area contributed by atoms with Crippen LogP contribution in [0.15, 0.2) is 24.3 Å². The van der Waals surface area contributed by atoms with Gasteiger partial charge in [-0.05, 0) is 37.0 Å². The molecule has 0 radical (unpaired) electrons. The standard InChI is InChI=1S/C16H20O4/c1-3-11-5-4-10-16(14(11)17,15(18)19)12-6-8-13(20-2)9-7-12/h6-9,11H,3-5,10H2,1-2H3,(H,18,19). The van der Waals surface area contributed by atoms with Crippen LogP contribution in [0, 0.1) is 5.92 Å². The Morgan fingerprint density at radius 1 is 1.40 bits per heavy atom. The molecule has 2 unspecified atom stereocenters. The fourth-order valence-corrected chi connectivity index (χ4v) is 3.10. The molecule has 2 atom stereocenters. The van der Waals surface area contributed by atoms with Crippen molar-refractivity contribution in [3.8, 4) is 5.75 Å². The highest BCUT2D eigenvalue weighted by Crippen LogP contribution is 2.41. The third-order valence-electron chi connectivity index (χ3n) is 4.34. The van der Waals surface area contributed by atoms with Gasteiger partial charge in [-0.2, -0.15) is 0 Å². The van der Waals surface area contributed by atoms with Crippen molar-refractivity contribution in [3.05, 3.63) is 29.8 Å². The second kappa shape index (κ2) is 5.65. The molecule has 20 heavy (non-hydrogen) atoms. The van der Waals surface area contributed by atoms with Crippen molar-refractivity contribution in [1.82, 2.24) is 0 Å². The maximum absolute atomic E-state index is 12.7. The molecule has 1 aliphatic carbocycles. The second-order valence-electron chi connectivity index (χ2n) is 5.30. The number of carboxylic acids is 1. The number of methoxy groups -OCH3 is 1. The van der Waals surface area contributed by atoms with Crippen molar-refractivity contribution in [3.63, 3.8) is 0 Å². The smallest absolute Gasteiger partial charge is 0.321 e. The Morgan fingerprint density at radius 3 is 2.55 bits per heavy atom. The van der Waals surface area contributed by atoms with Gasteiger partial charge in [0.1, 0.15) is 5.75 Å². The van der Waals surface area contributed by atoms with E-state index in [-0.39, 0.29) is 11.7 Å². The summed E-state index contributed by atoms with van der Waals surface area (Å²) >= 11 is 0. The molecule has 2 rings (SSSR count). The number of ether oxygens (including phenoxy) is 1. The molecule has 0 saturated heterocycles. The minimum Gasteiger partial charge on any atom is -0.497 e. The van der Waals surface area contributed by atoms with Gasteiger partial charge >= 0.3 is 5.97 Å². The van der Waals surface area contributed by atoms with Gasteiger partial charge in [0.25, 0.3) is 0 Å². The zero-order valence-electron chi connectivity index (χ0n) is 11.9. The molecule has 1 aromatic rings. The second-order valence-corrected chi connectivity index (χ2v) is 5.30. The van der Waals surface area contributed by atoms with Gasteiger partial charge in [0.05, 0.1) is 7.11 Å². The lowest BCUT2D eigenvalue weighted by atomic mass is 9.64. The van der Waals surface area contributed by atoms with E-state index in [1.54, 1.807) is 31.4 Å². The van der Waals surface area contributed by atoms with Crippen molar-refractivity contribution in [2.24, 2.45) is 5.92 Å². The summed E-state index contributed by atoms with van der Waals surface area (Å²) < 4.78 is 5.09. The first kappa shape index (κ1) is 14.6. The molecule has 1 N–H and O–H groups in total. The van der Waals surface area contributed by atoms with E-state index in [0.717, 1.165) is 12.8 Å². The number of ketones is 1. The molecule has 0 aliphatic heterocycles. The summed E-state index contributed by atoms with van der Waals surface area (Å²) in [7, 11) is 1.56. The van der Waals surface area contributed by atoms with Crippen LogP contribution >= 0.6 is 0 Å². The summed E-state index contributed by atoms with van der Waals surface area (Å²) in [6.07, 6.45) is 2.64. The summed E-state index contributed by atoms with van der Waals surface area (Å²) in [4.78, 5) is 24.5. The first-order chi connectivity index (χ1) is 9.56. The number of carbonyl (C=O) groups is 2. The van der Waals surface area contributed by atoms with E-state index >= 15 is 0 Å². The predicted molar refractivity (Wildman–Crippen MR) is 74.9 cm³/mol. The quantitative estimate of drug-likeness (QED) is 0.859. The van der Waals surface area contributed by atoms with E-state index < -0.39 is 11.4 Å². The number of rotatable bonds is 4. The van der Waals surface area contributed by atoms with E-state index in [1.807, 2.05) is 6.92 Å². The van der Waals surface area contributed by atoms with Crippen molar-refractivity contribution in [1.29, 1.82) is 0 Å². The van der Waals surface area contributed by atoms with E-state index in [9.17, 15) is 14.7 Å². The maximum Gasteiger partial charge on any atom is 0.321 e. The Kier molecular flexibility index (Phi) is 4.12. The Balaban J connectivity index is 2.48. The molecule has 0 aromatic heterocycles. The first-order valence-electron chi connectivity index (χ1n) is 6.98. The molecule has 1 saturated carbocycles. The SMILES string of the molecule is CCC1CCCC(C(=O)O)(c2ccc(OC)cc2)C1=O. The van der Waals surface area contributed by atoms with Crippen molar-refractivity contribution < 1.29 is 19.4 Å². The average Bonchev–Trinajstić information content (AvgIpc) is 2.47. The van der Waals surface area contributed by atoms with E-state index in [0.29, 0.717) is 24.2 Å². The van der Waals surface area contributed by atoms with Crippen molar-refractivity contribution in [2.75, 3.05) is 7.11 Å². The number of carbonyl (C=O) groups excluding carboxylic acids is 1. The number of aliphatic carboxylic acids is 1. The number of hydrogen-bond donors (Lipinski definition) is 1. The molecule has 0 bridgehead atoms. The normalized spacial score (nSPS) is 26.3.